The lowest BCUT2D eigenvalue weighted by atomic mass is 9.60. The Morgan fingerprint density at radius 1 is 0.432 bits per heavy atom. The molecule has 1 heterocycles. The summed E-state index contributed by atoms with van der Waals surface area (Å²) in [5.41, 5.74) is 0. The van der Waals surface area contributed by atoms with E-state index in [9.17, 15) is 0 Å². The van der Waals surface area contributed by atoms with Gasteiger partial charge in [0.1, 0.15) is 12.2 Å². The molecular weight excluding hydrogens is 462 g/mol. The molecule has 212 valence electrons. The molecule has 0 bridgehead atoms. The van der Waals surface area contributed by atoms with Crippen LogP contribution < -0.4 is 0 Å². The molecule has 1 fully saturated rings. The Balaban J connectivity index is 3.52. The van der Waals surface area contributed by atoms with Crippen LogP contribution in [0.4, 0.5) is 0 Å². The fourth-order valence-electron chi connectivity index (χ4n) is 5.12. The van der Waals surface area contributed by atoms with Gasteiger partial charge >= 0.3 is 0 Å². The first-order valence-electron chi connectivity index (χ1n) is 15.8. The van der Waals surface area contributed by atoms with Gasteiger partial charge in [-0.05, 0) is 0 Å². The maximum atomic E-state index is 6.90. The van der Waals surface area contributed by atoms with Gasteiger partial charge in [-0.25, -0.2) is 0 Å². The number of hydrogen-bond acceptors (Lipinski definition) is 6. The van der Waals surface area contributed by atoms with Crippen LogP contribution in [0.2, 0.25) is 63.2 Å². The molecule has 1 aliphatic heterocycles. The Morgan fingerprint density at radius 3 is 1.19 bits per heavy atom. The van der Waals surface area contributed by atoms with Crippen molar-refractivity contribution < 1.29 is 28.0 Å². The van der Waals surface area contributed by atoms with E-state index >= 15 is 0 Å². The Morgan fingerprint density at radius 2 is 0.784 bits per heavy atom. The Bertz CT molecular complexity index is 546. The Labute approximate surface area is 232 Å². The summed E-state index contributed by atoms with van der Waals surface area (Å²) < 4.78 is 40.3. The van der Waals surface area contributed by atoms with E-state index in [1.54, 1.807) is 0 Å². The molecule has 0 spiro atoms. The van der Waals surface area contributed by atoms with Crippen LogP contribution in [0.5, 0.6) is 0 Å². The van der Waals surface area contributed by atoms with Crippen molar-refractivity contribution in [2.75, 3.05) is 6.61 Å². The largest absolute Gasteiger partial charge is 0.433 e. The van der Waals surface area contributed by atoms with Gasteiger partial charge < -0.3 is 28.0 Å². The van der Waals surface area contributed by atoms with Crippen molar-refractivity contribution in [2.45, 2.75) is 163 Å². The molecule has 0 aromatic rings. The molecule has 0 aromatic carbocycles. The molecule has 1 rings (SSSR count). The maximum absolute atomic E-state index is 6.90. The molecule has 1 aliphatic rings. The molecule has 6 nitrogen and oxygen atoms in total. The van der Waals surface area contributed by atoms with Crippen LogP contribution in [0.1, 0.15) is 69.2 Å². The second-order valence-electron chi connectivity index (χ2n) is 10.5. The molecule has 11 heteroatoms. The van der Waals surface area contributed by atoms with E-state index in [-0.39, 0.29) is 59.0 Å². The van der Waals surface area contributed by atoms with Crippen LogP contribution in [-0.4, -0.2) is 71.9 Å². The van der Waals surface area contributed by atoms with Crippen molar-refractivity contribution in [1.82, 2.24) is 0 Å². The first-order valence-corrected chi connectivity index (χ1v) is 15.8. The van der Waals surface area contributed by atoms with Crippen LogP contribution in [-0.2, 0) is 28.0 Å². The van der Waals surface area contributed by atoms with Gasteiger partial charge in [-0.3, -0.25) is 0 Å². The highest BCUT2D eigenvalue weighted by Crippen LogP contribution is 2.33. The van der Waals surface area contributed by atoms with Gasteiger partial charge in [0.25, 0.3) is 34.6 Å². The zero-order chi connectivity index (χ0) is 27.8. The summed E-state index contributed by atoms with van der Waals surface area (Å²) in [7, 11) is 0. The molecule has 1 saturated heterocycles. The quantitative estimate of drug-likeness (QED) is 0.151. The Kier molecular flexibility index (Phi) is 19.0. The summed E-state index contributed by atoms with van der Waals surface area (Å²) in [6.07, 6.45) is 7.66. The van der Waals surface area contributed by atoms with Gasteiger partial charge in [-0.1, -0.05) is 132 Å². The molecular formula is C26H57B5O6. The van der Waals surface area contributed by atoms with Crippen molar-refractivity contribution >= 4 is 34.6 Å². The fourth-order valence-corrected chi connectivity index (χ4v) is 5.12. The lowest BCUT2D eigenvalue weighted by Crippen LogP contribution is -2.65. The third-order valence-corrected chi connectivity index (χ3v) is 8.02. The average molecular weight is 520 g/mol. The zero-order valence-electron chi connectivity index (χ0n) is 26.0. The fraction of sp³-hybridized carbons (Fsp3) is 1.00. The molecule has 0 aromatic heterocycles. The summed E-state index contributed by atoms with van der Waals surface area (Å²) in [6.45, 7) is 22.9. The third kappa shape index (κ3) is 11.2. The van der Waals surface area contributed by atoms with E-state index in [0.717, 1.165) is 63.2 Å². The molecule has 37 heavy (non-hydrogen) atoms. The SMILES string of the molecule is CCB(CC)OCC1OC(OB(CC)CC)C(OB(CC)CC)C(OB(CC)CC)C1OB(CC)CC. The van der Waals surface area contributed by atoms with Crippen molar-refractivity contribution in [3.05, 3.63) is 0 Å². The molecule has 0 N–H and O–H groups in total. The van der Waals surface area contributed by atoms with E-state index in [4.69, 9.17) is 28.0 Å². The second-order valence-corrected chi connectivity index (χ2v) is 10.5. The lowest BCUT2D eigenvalue weighted by molar-refractivity contribution is -0.265. The van der Waals surface area contributed by atoms with E-state index < -0.39 is 6.29 Å². The number of ether oxygens (including phenoxy) is 1. The van der Waals surface area contributed by atoms with Crippen molar-refractivity contribution in [3.8, 4) is 0 Å². The van der Waals surface area contributed by atoms with Crippen LogP contribution in [0.25, 0.3) is 0 Å². The van der Waals surface area contributed by atoms with Gasteiger partial charge in [0, 0.05) is 0 Å². The number of rotatable bonds is 21. The van der Waals surface area contributed by atoms with Crippen LogP contribution in [0.3, 0.4) is 0 Å². The van der Waals surface area contributed by atoms with Crippen molar-refractivity contribution in [1.29, 1.82) is 0 Å². The van der Waals surface area contributed by atoms with Crippen LogP contribution in [0.15, 0.2) is 0 Å². The molecule has 0 amide bonds. The first-order chi connectivity index (χ1) is 17.9. The average Bonchev–Trinajstić information content (AvgIpc) is 2.93. The standard InChI is InChI=1S/C26H57B5O6/c1-11-27(12-2)32-21-22-23(34-28(13-3)14-4)24(35-29(15-5)16-6)25(36-30(17-7)18-8)26(33-22)37-31(19-9)20-10/h22-26H,11-21H2,1-10H3. The van der Waals surface area contributed by atoms with Gasteiger partial charge in [0.2, 0.25) is 0 Å². The summed E-state index contributed by atoms with van der Waals surface area (Å²) in [5, 5.41) is 0. The molecule has 5 atom stereocenters. The summed E-state index contributed by atoms with van der Waals surface area (Å²) in [5.74, 6) is 0. The van der Waals surface area contributed by atoms with E-state index in [1.165, 1.54) is 0 Å². The number of hydrogen-bond donors (Lipinski definition) is 0. The Hall–Kier alpha value is 0.0847. The minimum absolute atomic E-state index is 0.101. The second kappa shape index (κ2) is 20.0. The minimum atomic E-state index is -0.526. The van der Waals surface area contributed by atoms with Gasteiger partial charge in [-0.2, -0.15) is 0 Å². The highest BCUT2D eigenvalue weighted by Gasteiger charge is 2.51. The highest BCUT2D eigenvalue weighted by atomic mass is 16.7. The van der Waals surface area contributed by atoms with E-state index in [1.807, 2.05) is 0 Å². The maximum Gasteiger partial charge on any atom is 0.296 e. The van der Waals surface area contributed by atoms with E-state index in [2.05, 4.69) is 69.2 Å². The van der Waals surface area contributed by atoms with Crippen LogP contribution >= 0.6 is 0 Å². The normalized spacial score (nSPS) is 23.7. The summed E-state index contributed by atoms with van der Waals surface area (Å²) in [6, 6.07) is 0. The van der Waals surface area contributed by atoms with Crippen LogP contribution in [0, 0.1) is 0 Å². The smallest absolute Gasteiger partial charge is 0.296 e. The van der Waals surface area contributed by atoms with Crippen molar-refractivity contribution in [2.24, 2.45) is 0 Å². The molecule has 0 aliphatic carbocycles. The van der Waals surface area contributed by atoms with E-state index in [0.29, 0.717) is 6.61 Å². The zero-order valence-corrected chi connectivity index (χ0v) is 26.0. The first kappa shape index (κ1) is 35.1. The lowest BCUT2D eigenvalue weighted by Gasteiger charge is -2.49. The molecule has 0 radical (unpaired) electrons. The summed E-state index contributed by atoms with van der Waals surface area (Å²) >= 11 is 0. The summed E-state index contributed by atoms with van der Waals surface area (Å²) in [4.78, 5) is 0. The predicted molar refractivity (Wildman–Crippen MR) is 164 cm³/mol. The minimum Gasteiger partial charge on any atom is -0.433 e. The predicted octanol–water partition coefficient (Wildman–Crippen LogP) is 7.06. The van der Waals surface area contributed by atoms with Gasteiger partial charge in [0.15, 0.2) is 6.29 Å². The third-order valence-electron chi connectivity index (χ3n) is 8.02. The van der Waals surface area contributed by atoms with Gasteiger partial charge in [0.05, 0.1) is 18.8 Å². The molecule has 0 saturated carbocycles. The molecule has 5 unspecified atom stereocenters. The highest BCUT2D eigenvalue weighted by molar-refractivity contribution is 6.53. The van der Waals surface area contributed by atoms with Crippen molar-refractivity contribution in [3.63, 3.8) is 0 Å². The topological polar surface area (TPSA) is 55.4 Å². The van der Waals surface area contributed by atoms with Gasteiger partial charge in [-0.15, -0.1) is 0 Å². The monoisotopic (exact) mass is 520 g/mol.